The summed E-state index contributed by atoms with van der Waals surface area (Å²) in [5.41, 5.74) is 18.1. The van der Waals surface area contributed by atoms with Crippen LogP contribution in [-0.2, 0) is 14.1 Å². The van der Waals surface area contributed by atoms with Crippen molar-refractivity contribution >= 4 is 33.2 Å². The van der Waals surface area contributed by atoms with Gasteiger partial charge in [-0.25, -0.2) is 0 Å². The summed E-state index contributed by atoms with van der Waals surface area (Å²) < 4.78 is 4.15. The van der Waals surface area contributed by atoms with Crippen molar-refractivity contribution in [2.45, 2.75) is 0 Å². The number of nitrogen functional groups attached to an aromatic ring is 1. The first kappa shape index (κ1) is 30.3. The molecule has 0 aliphatic carbocycles. The van der Waals surface area contributed by atoms with Gasteiger partial charge in [-0.15, -0.1) is 0 Å². The van der Waals surface area contributed by atoms with E-state index in [1.807, 2.05) is 66.3 Å². The Labute approximate surface area is 279 Å². The Bertz CT molecular complexity index is 2370. The first-order chi connectivity index (χ1) is 23.4. The number of non-ortho nitro benzene ring substituents is 1. The summed E-state index contributed by atoms with van der Waals surface area (Å²) in [5, 5.41) is 13.3. The number of hydrogen-bond acceptors (Lipinski definition) is 3. The van der Waals surface area contributed by atoms with Crippen LogP contribution in [0.25, 0.3) is 66.3 Å². The lowest BCUT2D eigenvalue weighted by Gasteiger charge is -2.09. The van der Waals surface area contributed by atoms with Crippen molar-refractivity contribution in [2.75, 3.05) is 5.73 Å². The molecule has 0 bridgehead atoms. The van der Waals surface area contributed by atoms with E-state index in [9.17, 15) is 10.1 Å². The zero-order chi connectivity index (χ0) is 33.2. The molecule has 0 amide bonds. The number of nitro benzene ring substituents is 1. The Morgan fingerprint density at radius 2 is 0.896 bits per heavy atom. The summed E-state index contributed by atoms with van der Waals surface area (Å²) in [4.78, 5) is 10.9. The molecule has 8 rings (SSSR count). The molecular weight excluding hydrogens is 592 g/mol. The van der Waals surface area contributed by atoms with Crippen molar-refractivity contribution in [2.24, 2.45) is 14.1 Å². The van der Waals surface area contributed by atoms with Gasteiger partial charge in [0.25, 0.3) is 5.69 Å². The molecule has 8 aromatic rings. The summed E-state index contributed by atoms with van der Waals surface area (Å²) in [6.07, 6.45) is 4.00. The molecule has 0 aliphatic heterocycles. The second-order valence-corrected chi connectivity index (χ2v) is 11.9. The van der Waals surface area contributed by atoms with E-state index in [2.05, 4.69) is 103 Å². The molecule has 2 N–H and O–H groups in total. The predicted octanol–water partition coefficient (Wildman–Crippen LogP) is 10.5. The van der Waals surface area contributed by atoms with Crippen LogP contribution in [0.15, 0.2) is 158 Å². The van der Waals surface area contributed by atoms with Crippen molar-refractivity contribution in [3.05, 3.63) is 168 Å². The second kappa shape index (κ2) is 12.8. The SMILES string of the molecule is Cn1ccc2cc(N)cc(-c3ccc(-c4ccccc4)cc3)c21.Cn1ccc2cc([N+](=O)[O-])cc(-c3ccc(-c4ccccc4)cc3)c21. The first-order valence-electron chi connectivity index (χ1n) is 15.8. The van der Waals surface area contributed by atoms with Crippen molar-refractivity contribution in [1.82, 2.24) is 9.13 Å². The van der Waals surface area contributed by atoms with E-state index in [1.54, 1.807) is 12.1 Å². The number of aryl methyl sites for hydroxylation is 2. The number of nitrogens with two attached hydrogens (primary N) is 1. The minimum absolute atomic E-state index is 0.112. The number of rotatable bonds is 5. The summed E-state index contributed by atoms with van der Waals surface area (Å²) in [7, 11) is 4.02. The number of aromatic nitrogens is 2. The third-order valence-corrected chi connectivity index (χ3v) is 8.76. The lowest BCUT2D eigenvalue weighted by molar-refractivity contribution is -0.384. The van der Waals surface area contributed by atoms with Crippen LogP contribution in [0.5, 0.6) is 0 Å². The average Bonchev–Trinajstić information content (AvgIpc) is 3.70. The van der Waals surface area contributed by atoms with Gasteiger partial charge < -0.3 is 14.9 Å². The molecule has 0 fully saturated rings. The van der Waals surface area contributed by atoms with Gasteiger partial charge in [0.05, 0.1) is 16.0 Å². The van der Waals surface area contributed by atoms with Crippen LogP contribution in [0.4, 0.5) is 11.4 Å². The van der Waals surface area contributed by atoms with Crippen LogP contribution in [0, 0.1) is 10.1 Å². The lowest BCUT2D eigenvalue weighted by Crippen LogP contribution is -1.93. The number of nitrogens with zero attached hydrogens (tertiary/aromatic N) is 3. The highest BCUT2D eigenvalue weighted by Gasteiger charge is 2.15. The molecule has 6 nitrogen and oxygen atoms in total. The monoisotopic (exact) mass is 626 g/mol. The zero-order valence-corrected chi connectivity index (χ0v) is 26.7. The Balaban J connectivity index is 0.000000152. The molecule has 0 radical (unpaired) electrons. The summed E-state index contributed by atoms with van der Waals surface area (Å²) >= 11 is 0. The Morgan fingerprint density at radius 3 is 1.35 bits per heavy atom. The minimum Gasteiger partial charge on any atom is -0.399 e. The first-order valence-corrected chi connectivity index (χ1v) is 15.8. The summed E-state index contributed by atoms with van der Waals surface area (Å²) in [6.45, 7) is 0. The van der Waals surface area contributed by atoms with E-state index < -0.39 is 0 Å². The maximum atomic E-state index is 11.3. The fraction of sp³-hybridized carbons (Fsp3) is 0.0476. The van der Waals surface area contributed by atoms with Gasteiger partial charge in [-0.05, 0) is 57.6 Å². The van der Waals surface area contributed by atoms with Crippen molar-refractivity contribution in [3.8, 4) is 44.5 Å². The van der Waals surface area contributed by atoms with Gasteiger partial charge in [0, 0.05) is 66.2 Å². The quantitative estimate of drug-likeness (QED) is 0.117. The number of nitro groups is 1. The molecule has 0 saturated carbocycles. The summed E-state index contributed by atoms with van der Waals surface area (Å²) in [5.74, 6) is 0. The van der Waals surface area contributed by atoms with Gasteiger partial charge >= 0.3 is 0 Å². The molecule has 2 heterocycles. The van der Waals surface area contributed by atoms with Crippen LogP contribution < -0.4 is 5.73 Å². The van der Waals surface area contributed by atoms with Crippen LogP contribution in [0.1, 0.15) is 0 Å². The molecule has 0 aliphatic rings. The molecule has 0 atom stereocenters. The van der Waals surface area contributed by atoms with Crippen LogP contribution >= 0.6 is 0 Å². The number of hydrogen-bond donors (Lipinski definition) is 1. The van der Waals surface area contributed by atoms with Gasteiger partial charge in [-0.2, -0.15) is 0 Å². The van der Waals surface area contributed by atoms with Gasteiger partial charge in [-0.1, -0.05) is 109 Å². The predicted molar refractivity (Wildman–Crippen MR) is 199 cm³/mol. The number of fused-ring (bicyclic) bond motifs is 2. The van der Waals surface area contributed by atoms with Gasteiger partial charge in [0.15, 0.2) is 0 Å². The van der Waals surface area contributed by atoms with Gasteiger partial charge in [0.1, 0.15) is 0 Å². The van der Waals surface area contributed by atoms with E-state index in [-0.39, 0.29) is 10.6 Å². The molecule has 6 heteroatoms. The molecule has 234 valence electrons. The highest BCUT2D eigenvalue weighted by Crippen LogP contribution is 2.35. The van der Waals surface area contributed by atoms with E-state index >= 15 is 0 Å². The fourth-order valence-electron chi connectivity index (χ4n) is 6.39. The third kappa shape index (κ3) is 5.95. The zero-order valence-electron chi connectivity index (χ0n) is 26.7. The third-order valence-electron chi connectivity index (χ3n) is 8.76. The number of anilines is 1. The Morgan fingerprint density at radius 1 is 0.500 bits per heavy atom. The van der Waals surface area contributed by atoms with E-state index in [0.717, 1.165) is 38.8 Å². The van der Waals surface area contributed by atoms with Crippen molar-refractivity contribution < 1.29 is 4.92 Å². The Kier molecular flexibility index (Phi) is 8.05. The standard InChI is InChI=1S/C21H16N2O2.C21H18N2/c1-22-12-11-18-13-19(23(24)25)14-20(21(18)22)17-9-7-16(8-10-17)15-5-3-2-4-6-15;1-23-12-11-18-13-19(22)14-20(21(18)23)17-9-7-16(8-10-17)15-5-3-2-4-6-15/h2-14H,1H3;2-14H,22H2,1H3. The molecule has 0 saturated heterocycles. The summed E-state index contributed by atoms with van der Waals surface area (Å²) in [6, 6.07) is 48.8. The molecular formula is C42H34N4O2. The van der Waals surface area contributed by atoms with Crippen LogP contribution in [0.3, 0.4) is 0 Å². The Hall–Kier alpha value is -6.40. The molecule has 0 unspecified atom stereocenters. The maximum absolute atomic E-state index is 11.3. The highest BCUT2D eigenvalue weighted by molar-refractivity contribution is 5.98. The molecule has 2 aromatic heterocycles. The minimum atomic E-state index is -0.339. The topological polar surface area (TPSA) is 79.0 Å². The van der Waals surface area contributed by atoms with E-state index in [0.29, 0.717) is 0 Å². The molecule has 6 aromatic carbocycles. The maximum Gasteiger partial charge on any atom is 0.270 e. The van der Waals surface area contributed by atoms with Crippen molar-refractivity contribution in [3.63, 3.8) is 0 Å². The normalized spacial score (nSPS) is 11.0. The van der Waals surface area contributed by atoms with Crippen LogP contribution in [-0.4, -0.2) is 14.1 Å². The highest BCUT2D eigenvalue weighted by atomic mass is 16.6. The average molecular weight is 627 g/mol. The molecule has 48 heavy (non-hydrogen) atoms. The molecule has 0 spiro atoms. The van der Waals surface area contributed by atoms with Gasteiger partial charge in [0.2, 0.25) is 0 Å². The lowest BCUT2D eigenvalue weighted by atomic mass is 9.98. The van der Waals surface area contributed by atoms with E-state index in [1.165, 1.54) is 33.2 Å². The fourth-order valence-corrected chi connectivity index (χ4v) is 6.39. The number of benzene rings is 6. The van der Waals surface area contributed by atoms with E-state index in [4.69, 9.17) is 5.73 Å². The van der Waals surface area contributed by atoms with Gasteiger partial charge in [-0.3, -0.25) is 10.1 Å². The second-order valence-electron chi connectivity index (χ2n) is 11.9. The largest absolute Gasteiger partial charge is 0.399 e. The van der Waals surface area contributed by atoms with Crippen LogP contribution in [0.2, 0.25) is 0 Å². The van der Waals surface area contributed by atoms with Crippen molar-refractivity contribution in [1.29, 1.82) is 0 Å². The smallest absolute Gasteiger partial charge is 0.270 e.